The van der Waals surface area contributed by atoms with Gasteiger partial charge in [-0.15, -0.1) is 0 Å². The molecule has 0 aliphatic heterocycles. The lowest BCUT2D eigenvalue weighted by atomic mass is 9.86. The van der Waals surface area contributed by atoms with Gasteiger partial charge in [-0.1, -0.05) is 52.2 Å². The number of carboxylic acids is 1. The molecule has 2 heteroatoms. The zero-order valence-electron chi connectivity index (χ0n) is 18.9. The molecule has 1 rings (SSSR count). The Hall–Kier alpha value is -1.31. The molecule has 0 aliphatic carbocycles. The molecular formula is C25H42O2. The minimum absolute atomic E-state index is 0.425. The SMILES string of the molecule is Cc1ccc(CCCCCC(C)(C)C(=O)O)c(CCCCC(C)(C)C)c1C. The molecule has 1 aromatic carbocycles. The number of aryl methyl sites for hydroxylation is 2. The molecule has 0 saturated heterocycles. The number of hydrogen-bond donors (Lipinski definition) is 1. The van der Waals surface area contributed by atoms with Crippen molar-refractivity contribution in [1.29, 1.82) is 0 Å². The van der Waals surface area contributed by atoms with Crippen LogP contribution >= 0.6 is 0 Å². The highest BCUT2D eigenvalue weighted by Crippen LogP contribution is 2.27. The largest absolute Gasteiger partial charge is 0.481 e. The molecule has 0 atom stereocenters. The molecule has 0 amide bonds. The molecule has 1 aromatic rings. The number of unbranched alkanes of at least 4 members (excludes halogenated alkanes) is 3. The zero-order valence-corrected chi connectivity index (χ0v) is 18.9. The van der Waals surface area contributed by atoms with E-state index in [0.29, 0.717) is 5.41 Å². The van der Waals surface area contributed by atoms with E-state index in [2.05, 4.69) is 46.8 Å². The highest BCUT2D eigenvalue weighted by Gasteiger charge is 2.25. The highest BCUT2D eigenvalue weighted by molar-refractivity contribution is 5.73. The van der Waals surface area contributed by atoms with Gasteiger partial charge < -0.3 is 5.11 Å². The van der Waals surface area contributed by atoms with Crippen molar-refractivity contribution < 1.29 is 9.90 Å². The summed E-state index contributed by atoms with van der Waals surface area (Å²) in [4.78, 5) is 11.2. The van der Waals surface area contributed by atoms with Gasteiger partial charge in [0.1, 0.15) is 0 Å². The third-order valence-electron chi connectivity index (χ3n) is 5.90. The summed E-state index contributed by atoms with van der Waals surface area (Å²) in [6, 6.07) is 4.58. The normalized spacial score (nSPS) is 12.4. The van der Waals surface area contributed by atoms with E-state index in [0.717, 1.165) is 32.1 Å². The summed E-state index contributed by atoms with van der Waals surface area (Å²) in [6.45, 7) is 15.1. The summed E-state index contributed by atoms with van der Waals surface area (Å²) in [5, 5.41) is 9.22. The minimum atomic E-state index is -0.686. The van der Waals surface area contributed by atoms with Crippen LogP contribution in [-0.4, -0.2) is 11.1 Å². The Morgan fingerprint density at radius 2 is 1.44 bits per heavy atom. The fourth-order valence-corrected chi connectivity index (χ4v) is 3.64. The molecule has 0 fully saturated rings. The van der Waals surface area contributed by atoms with Gasteiger partial charge in [0.05, 0.1) is 5.41 Å². The van der Waals surface area contributed by atoms with E-state index in [9.17, 15) is 9.90 Å². The smallest absolute Gasteiger partial charge is 0.309 e. The van der Waals surface area contributed by atoms with Crippen molar-refractivity contribution in [3.05, 3.63) is 34.4 Å². The second-order valence-corrected chi connectivity index (χ2v) is 10.2. The third-order valence-corrected chi connectivity index (χ3v) is 5.90. The molecule has 0 aromatic heterocycles. The molecule has 0 heterocycles. The van der Waals surface area contributed by atoms with E-state index >= 15 is 0 Å². The minimum Gasteiger partial charge on any atom is -0.481 e. The van der Waals surface area contributed by atoms with Gasteiger partial charge in [0, 0.05) is 0 Å². The van der Waals surface area contributed by atoms with Crippen LogP contribution in [0.2, 0.25) is 0 Å². The zero-order chi connectivity index (χ0) is 20.7. The number of carboxylic acid groups (broad SMARTS) is 1. The lowest BCUT2D eigenvalue weighted by Crippen LogP contribution is -2.23. The first-order chi connectivity index (χ1) is 12.4. The highest BCUT2D eigenvalue weighted by atomic mass is 16.4. The van der Waals surface area contributed by atoms with Gasteiger partial charge in [0.15, 0.2) is 0 Å². The lowest BCUT2D eigenvalue weighted by molar-refractivity contribution is -0.147. The predicted octanol–water partition coefficient (Wildman–Crippen LogP) is 7.28. The Balaban J connectivity index is 2.57. The number of aliphatic carboxylic acids is 1. The molecule has 0 aliphatic rings. The van der Waals surface area contributed by atoms with Crippen LogP contribution in [0.25, 0.3) is 0 Å². The summed E-state index contributed by atoms with van der Waals surface area (Å²) in [5.74, 6) is -0.686. The topological polar surface area (TPSA) is 37.3 Å². The fraction of sp³-hybridized carbons (Fsp3) is 0.720. The monoisotopic (exact) mass is 374 g/mol. The maximum absolute atomic E-state index is 11.2. The van der Waals surface area contributed by atoms with Crippen LogP contribution in [0.1, 0.15) is 102 Å². The van der Waals surface area contributed by atoms with Crippen LogP contribution in [0.4, 0.5) is 0 Å². The Bertz CT molecular complexity index is 605. The number of rotatable bonds is 11. The second-order valence-electron chi connectivity index (χ2n) is 10.2. The molecule has 154 valence electrons. The Morgan fingerprint density at radius 3 is 2.04 bits per heavy atom. The first kappa shape index (κ1) is 23.7. The van der Waals surface area contributed by atoms with Gasteiger partial charge in [0.25, 0.3) is 0 Å². The first-order valence-corrected chi connectivity index (χ1v) is 10.8. The average Bonchev–Trinajstić information content (AvgIpc) is 2.55. The van der Waals surface area contributed by atoms with Gasteiger partial charge in [-0.05, 0) is 93.9 Å². The maximum Gasteiger partial charge on any atom is 0.309 e. The van der Waals surface area contributed by atoms with E-state index in [1.165, 1.54) is 42.4 Å². The van der Waals surface area contributed by atoms with Crippen molar-refractivity contribution in [3.8, 4) is 0 Å². The Labute approximate surface area is 167 Å². The van der Waals surface area contributed by atoms with Gasteiger partial charge >= 0.3 is 5.97 Å². The molecule has 0 unspecified atom stereocenters. The standard InChI is InChI=1S/C25H42O2/c1-19-15-16-21(13-9-8-11-18-25(6,7)23(26)27)22(20(19)2)14-10-12-17-24(3,4)5/h15-16H,8-14,17-18H2,1-7H3,(H,26,27). The average molecular weight is 375 g/mol. The van der Waals surface area contributed by atoms with Gasteiger partial charge in [-0.2, -0.15) is 0 Å². The van der Waals surface area contributed by atoms with Gasteiger partial charge in [0.2, 0.25) is 0 Å². The quantitative estimate of drug-likeness (QED) is 0.413. The Kier molecular flexibility index (Phi) is 9.05. The van der Waals surface area contributed by atoms with Crippen molar-refractivity contribution in [1.82, 2.24) is 0 Å². The van der Waals surface area contributed by atoms with Crippen molar-refractivity contribution in [2.24, 2.45) is 10.8 Å². The summed E-state index contributed by atoms with van der Waals surface area (Å²) in [6.07, 6.45) is 10.1. The molecule has 0 radical (unpaired) electrons. The van der Waals surface area contributed by atoms with Crippen molar-refractivity contribution in [2.45, 2.75) is 106 Å². The molecule has 1 N–H and O–H groups in total. The number of hydrogen-bond acceptors (Lipinski definition) is 1. The molecular weight excluding hydrogens is 332 g/mol. The van der Waals surface area contributed by atoms with E-state index in [-0.39, 0.29) is 0 Å². The molecule has 27 heavy (non-hydrogen) atoms. The first-order valence-electron chi connectivity index (χ1n) is 10.8. The van der Waals surface area contributed by atoms with Crippen LogP contribution < -0.4 is 0 Å². The molecule has 2 nitrogen and oxygen atoms in total. The van der Waals surface area contributed by atoms with Crippen molar-refractivity contribution in [3.63, 3.8) is 0 Å². The van der Waals surface area contributed by atoms with Crippen LogP contribution in [-0.2, 0) is 17.6 Å². The van der Waals surface area contributed by atoms with Gasteiger partial charge in [-0.3, -0.25) is 4.79 Å². The van der Waals surface area contributed by atoms with E-state index in [1.54, 1.807) is 5.56 Å². The van der Waals surface area contributed by atoms with E-state index in [4.69, 9.17) is 0 Å². The van der Waals surface area contributed by atoms with Crippen molar-refractivity contribution in [2.75, 3.05) is 0 Å². The third kappa shape index (κ3) is 8.49. The van der Waals surface area contributed by atoms with Crippen molar-refractivity contribution >= 4 is 5.97 Å². The van der Waals surface area contributed by atoms with E-state index in [1.807, 2.05) is 13.8 Å². The molecule has 0 bridgehead atoms. The molecule has 0 saturated carbocycles. The Morgan fingerprint density at radius 1 is 0.852 bits per heavy atom. The van der Waals surface area contributed by atoms with Crippen LogP contribution in [0.15, 0.2) is 12.1 Å². The number of carbonyl (C=O) groups is 1. The fourth-order valence-electron chi connectivity index (χ4n) is 3.64. The summed E-state index contributed by atoms with van der Waals surface area (Å²) in [5.41, 5.74) is 5.76. The summed E-state index contributed by atoms with van der Waals surface area (Å²) < 4.78 is 0. The summed E-state index contributed by atoms with van der Waals surface area (Å²) >= 11 is 0. The second kappa shape index (κ2) is 10.3. The summed E-state index contributed by atoms with van der Waals surface area (Å²) in [7, 11) is 0. The molecule has 0 spiro atoms. The van der Waals surface area contributed by atoms with E-state index < -0.39 is 11.4 Å². The van der Waals surface area contributed by atoms with Crippen LogP contribution in [0, 0.1) is 24.7 Å². The van der Waals surface area contributed by atoms with Gasteiger partial charge in [-0.25, -0.2) is 0 Å². The number of benzene rings is 1. The maximum atomic E-state index is 11.2. The lowest BCUT2D eigenvalue weighted by Gasteiger charge is -2.19. The predicted molar refractivity (Wildman–Crippen MR) is 117 cm³/mol. The van der Waals surface area contributed by atoms with Crippen LogP contribution in [0.5, 0.6) is 0 Å². The van der Waals surface area contributed by atoms with Crippen LogP contribution in [0.3, 0.4) is 0 Å².